The van der Waals surface area contributed by atoms with E-state index in [-0.39, 0.29) is 67.8 Å². The van der Waals surface area contributed by atoms with Crippen molar-refractivity contribution in [1.82, 2.24) is 5.06 Å². The van der Waals surface area contributed by atoms with Crippen LogP contribution in [0.2, 0.25) is 0 Å². The van der Waals surface area contributed by atoms with Gasteiger partial charge in [0, 0.05) is 45.8 Å². The Bertz CT molecular complexity index is 696. The number of terminal acetylenes is 1. The van der Waals surface area contributed by atoms with Crippen LogP contribution in [0.1, 0.15) is 76.3 Å². The number of rotatable bonds is 12. The topological polar surface area (TPSA) is 105 Å². The second-order valence-corrected chi connectivity index (χ2v) is 7.12. The van der Waals surface area contributed by atoms with E-state index in [0.29, 0.717) is 0 Å². The minimum absolute atomic E-state index is 0. The van der Waals surface area contributed by atoms with Gasteiger partial charge < -0.3 is 19.8 Å². The molecule has 1 heterocycles. The number of fused-ring (bicyclic) bond motifs is 1. The third-order valence-electron chi connectivity index (χ3n) is 4.79. The van der Waals surface area contributed by atoms with Crippen molar-refractivity contribution in [3.05, 3.63) is 27.3 Å². The van der Waals surface area contributed by atoms with Gasteiger partial charge in [-0.1, -0.05) is 58.3 Å². The molecule has 0 amide bonds. The molecular formula is C22H34N2O6Y. The number of aliphatic hydroxyl groups is 1. The van der Waals surface area contributed by atoms with Gasteiger partial charge in [-0.05, 0) is 12.8 Å². The van der Waals surface area contributed by atoms with E-state index in [1.807, 2.05) is 0 Å². The second-order valence-electron chi connectivity index (χ2n) is 7.12. The predicted octanol–water partition coefficient (Wildman–Crippen LogP) is 4.63. The van der Waals surface area contributed by atoms with Gasteiger partial charge in [-0.25, -0.2) is 0 Å². The molecule has 0 saturated heterocycles. The number of aliphatic hydroxyl groups excluding tert-OH is 1. The molecule has 0 bridgehead atoms. The number of hydrogen-bond acceptors (Lipinski definition) is 7. The van der Waals surface area contributed by atoms with Crippen molar-refractivity contribution in [3.8, 4) is 23.8 Å². The van der Waals surface area contributed by atoms with E-state index >= 15 is 0 Å². The van der Waals surface area contributed by atoms with Crippen LogP contribution in [0.4, 0.5) is 5.69 Å². The molecule has 31 heavy (non-hydrogen) atoms. The van der Waals surface area contributed by atoms with E-state index in [2.05, 4.69) is 19.8 Å². The molecule has 0 unspecified atom stereocenters. The summed E-state index contributed by atoms with van der Waals surface area (Å²) >= 11 is 0. The first kappa shape index (κ1) is 29.8. The number of ether oxygens (including phenoxy) is 2. The molecular weight excluding hydrogens is 477 g/mol. The molecule has 0 spiro atoms. The summed E-state index contributed by atoms with van der Waals surface area (Å²) in [5, 5.41) is 30.9. The van der Waals surface area contributed by atoms with Crippen molar-refractivity contribution in [3.63, 3.8) is 0 Å². The predicted molar refractivity (Wildman–Crippen MR) is 115 cm³/mol. The van der Waals surface area contributed by atoms with Gasteiger partial charge in [0.2, 0.25) is 6.79 Å². The first-order chi connectivity index (χ1) is 14.5. The van der Waals surface area contributed by atoms with Crippen molar-refractivity contribution >= 4 is 5.69 Å². The maximum Gasteiger partial charge on any atom is 0.280 e. The quantitative estimate of drug-likeness (QED) is 0.182. The molecule has 2 rings (SSSR count). The normalized spacial score (nSPS) is 11.4. The SMILES string of the molecule is C#Cc1c(CO)c([N+](=O)[O-])cc2c1OCO2.CCCCCCN(O)CCCCCC.[Y]. The van der Waals surface area contributed by atoms with Crippen LogP contribution in [0.15, 0.2) is 6.07 Å². The Labute approximate surface area is 210 Å². The van der Waals surface area contributed by atoms with E-state index in [0.717, 1.165) is 25.9 Å². The Morgan fingerprint density at radius 2 is 1.71 bits per heavy atom. The van der Waals surface area contributed by atoms with Crippen LogP contribution >= 0.6 is 0 Å². The van der Waals surface area contributed by atoms with Crippen LogP contribution in [-0.2, 0) is 39.3 Å². The number of hydrogen-bond donors (Lipinski definition) is 2. The molecule has 1 aromatic rings. The summed E-state index contributed by atoms with van der Waals surface area (Å²) in [5.74, 6) is 2.78. The van der Waals surface area contributed by atoms with Crippen LogP contribution in [0.25, 0.3) is 0 Å². The van der Waals surface area contributed by atoms with E-state index < -0.39 is 11.5 Å². The van der Waals surface area contributed by atoms with Crippen molar-refractivity contribution in [2.75, 3.05) is 19.9 Å². The molecule has 171 valence electrons. The largest absolute Gasteiger partial charge is 0.453 e. The molecule has 0 aliphatic carbocycles. The van der Waals surface area contributed by atoms with Crippen LogP contribution in [0, 0.1) is 22.5 Å². The number of nitro benzene ring substituents is 1. The number of nitro groups is 1. The first-order valence-corrected chi connectivity index (χ1v) is 10.6. The maximum atomic E-state index is 10.8. The number of benzene rings is 1. The Hall–Kier alpha value is -1.24. The van der Waals surface area contributed by atoms with Crippen LogP contribution in [0.3, 0.4) is 0 Å². The van der Waals surface area contributed by atoms with E-state index in [4.69, 9.17) is 21.0 Å². The van der Waals surface area contributed by atoms with Gasteiger partial charge in [0.25, 0.3) is 5.69 Å². The standard InChI is InChI=1S/C12H27NO.C10H7NO5.Y/c1-3-5-7-9-11-13(14)12-10-8-6-4-2;1-2-6-7(4-12)8(11(13)14)3-9-10(6)16-5-15-9;/h14H,3-12H2,1-2H3;1,3,12H,4-5H2;. The molecule has 0 fully saturated rings. The van der Waals surface area contributed by atoms with Gasteiger partial charge in [0.05, 0.1) is 28.7 Å². The summed E-state index contributed by atoms with van der Waals surface area (Å²) in [6.45, 7) is 5.57. The summed E-state index contributed by atoms with van der Waals surface area (Å²) in [5.41, 5.74) is -0.0272. The van der Waals surface area contributed by atoms with Gasteiger partial charge in [-0.15, -0.1) is 6.42 Å². The molecule has 0 saturated carbocycles. The Morgan fingerprint density at radius 3 is 2.16 bits per heavy atom. The summed E-state index contributed by atoms with van der Waals surface area (Å²) in [6, 6.07) is 1.20. The van der Waals surface area contributed by atoms with Gasteiger partial charge >= 0.3 is 0 Å². The molecule has 1 aromatic carbocycles. The number of hydroxylamine groups is 2. The fraction of sp³-hybridized carbons (Fsp3) is 0.636. The van der Waals surface area contributed by atoms with Gasteiger partial charge in [-0.3, -0.25) is 10.1 Å². The molecule has 0 aromatic heterocycles. The molecule has 1 radical (unpaired) electrons. The molecule has 0 atom stereocenters. The van der Waals surface area contributed by atoms with Crippen LogP contribution in [-0.4, -0.2) is 40.2 Å². The average Bonchev–Trinajstić information content (AvgIpc) is 3.21. The van der Waals surface area contributed by atoms with Crippen molar-refractivity contribution in [1.29, 1.82) is 0 Å². The average molecular weight is 511 g/mol. The summed E-state index contributed by atoms with van der Waals surface area (Å²) < 4.78 is 10.1. The summed E-state index contributed by atoms with van der Waals surface area (Å²) in [6.07, 6.45) is 15.2. The van der Waals surface area contributed by atoms with Gasteiger partial charge in [0.15, 0.2) is 11.5 Å². The fourth-order valence-corrected chi connectivity index (χ4v) is 3.10. The van der Waals surface area contributed by atoms with Crippen molar-refractivity contribution in [2.45, 2.75) is 71.8 Å². The van der Waals surface area contributed by atoms with Gasteiger partial charge in [-0.2, -0.15) is 5.06 Å². The van der Waals surface area contributed by atoms with Crippen LogP contribution in [0.5, 0.6) is 11.5 Å². The van der Waals surface area contributed by atoms with E-state index in [1.54, 1.807) is 0 Å². The minimum atomic E-state index is -0.617. The first-order valence-electron chi connectivity index (χ1n) is 10.6. The number of unbranched alkanes of at least 4 members (excludes halogenated alkanes) is 6. The molecule has 2 N–H and O–H groups in total. The zero-order chi connectivity index (χ0) is 22.4. The molecule has 8 nitrogen and oxygen atoms in total. The third-order valence-corrected chi connectivity index (χ3v) is 4.79. The van der Waals surface area contributed by atoms with Crippen molar-refractivity contribution < 1.29 is 57.4 Å². The van der Waals surface area contributed by atoms with E-state index in [9.17, 15) is 15.3 Å². The second kappa shape index (κ2) is 17.3. The maximum absolute atomic E-state index is 10.8. The summed E-state index contributed by atoms with van der Waals surface area (Å²) in [7, 11) is 0. The minimum Gasteiger partial charge on any atom is -0.453 e. The molecule has 9 heteroatoms. The molecule has 1 aliphatic heterocycles. The zero-order valence-corrected chi connectivity index (χ0v) is 21.5. The summed E-state index contributed by atoms with van der Waals surface area (Å²) in [4.78, 5) is 10.2. The van der Waals surface area contributed by atoms with Gasteiger partial charge in [0.1, 0.15) is 0 Å². The zero-order valence-electron chi connectivity index (χ0n) is 18.6. The van der Waals surface area contributed by atoms with E-state index in [1.165, 1.54) is 49.7 Å². The fourth-order valence-electron chi connectivity index (χ4n) is 3.10. The third kappa shape index (κ3) is 10.3. The Morgan fingerprint density at radius 1 is 1.13 bits per heavy atom. The monoisotopic (exact) mass is 511 g/mol. The van der Waals surface area contributed by atoms with Crippen molar-refractivity contribution in [2.24, 2.45) is 0 Å². The van der Waals surface area contributed by atoms with Crippen LogP contribution < -0.4 is 9.47 Å². The number of nitrogens with zero attached hydrogens (tertiary/aromatic N) is 2. The molecule has 1 aliphatic rings. The Kier molecular flexibility index (Phi) is 16.6. The smallest absolute Gasteiger partial charge is 0.280 e. The Balaban J connectivity index is 0.000000569.